The molecule has 2 aliphatic rings. The predicted molar refractivity (Wildman–Crippen MR) is 204 cm³/mol. The number of aryl methyl sites for hydroxylation is 2. The van der Waals surface area contributed by atoms with E-state index in [4.69, 9.17) is 0 Å². The number of benzene rings is 4. The van der Waals surface area contributed by atoms with E-state index < -0.39 is 29.8 Å². The van der Waals surface area contributed by atoms with Crippen LogP contribution in [0.5, 0.6) is 0 Å². The van der Waals surface area contributed by atoms with Crippen molar-refractivity contribution in [1.82, 2.24) is 0 Å². The third-order valence-corrected chi connectivity index (χ3v) is 103. The first-order chi connectivity index (χ1) is 22.4. The summed E-state index contributed by atoms with van der Waals surface area (Å²) in [5.41, 5.74) is 16.3. The van der Waals surface area contributed by atoms with Gasteiger partial charge in [-0.05, 0) is 0 Å². The van der Waals surface area contributed by atoms with Gasteiger partial charge in [0.2, 0.25) is 0 Å². The fraction of sp³-hybridized carbons (Fsp3) is 0.455. The van der Waals surface area contributed by atoms with Gasteiger partial charge in [-0.1, -0.05) is 0 Å². The Kier molecular flexibility index (Phi) is 10.9. The molecule has 2 aliphatic carbocycles. The van der Waals surface area contributed by atoms with Crippen LogP contribution in [-0.2, 0) is 27.5 Å². The van der Waals surface area contributed by atoms with E-state index in [2.05, 4.69) is 114 Å². The molecule has 0 heterocycles. The van der Waals surface area contributed by atoms with E-state index in [9.17, 15) is 0 Å². The molecule has 0 amide bonds. The van der Waals surface area contributed by atoms with Crippen LogP contribution in [0.3, 0.4) is 0 Å². The van der Waals surface area contributed by atoms with Crippen molar-refractivity contribution in [2.75, 3.05) is 0 Å². The van der Waals surface area contributed by atoms with Crippen molar-refractivity contribution in [2.24, 2.45) is 0 Å². The average Bonchev–Trinajstić information content (AvgIpc) is 3.64. The van der Waals surface area contributed by atoms with Crippen LogP contribution in [0.25, 0.3) is 22.3 Å². The Labute approximate surface area is 285 Å². The molecule has 0 aliphatic heterocycles. The summed E-state index contributed by atoms with van der Waals surface area (Å²) in [6, 6.07) is 29.2. The van der Waals surface area contributed by atoms with Gasteiger partial charge in [-0.15, -0.1) is 0 Å². The fourth-order valence-corrected chi connectivity index (χ4v) is 122. The normalized spacial score (nSPS) is 14.1. The quantitative estimate of drug-likeness (QED) is 0.0908. The summed E-state index contributed by atoms with van der Waals surface area (Å²) in [6.45, 7) is 15.1. The van der Waals surface area contributed by atoms with E-state index in [0.717, 1.165) is 12.8 Å². The van der Waals surface area contributed by atoms with Crippen LogP contribution in [-0.4, -0.2) is 15.2 Å². The Bertz CT molecular complexity index is 1570. The molecular weight excluding hydrogens is 738 g/mol. The number of rotatable bonds is 15. The van der Waals surface area contributed by atoms with Crippen molar-refractivity contribution in [1.29, 1.82) is 0 Å². The van der Waals surface area contributed by atoms with Crippen molar-refractivity contribution in [2.45, 2.75) is 123 Å². The molecule has 0 saturated carbocycles. The van der Waals surface area contributed by atoms with Crippen LogP contribution >= 0.6 is 0 Å². The van der Waals surface area contributed by atoms with E-state index in [1.165, 1.54) is 62.5 Å². The van der Waals surface area contributed by atoms with Gasteiger partial charge in [-0.2, -0.15) is 0 Å². The number of fused-ring (bicyclic) bond motifs is 6. The molecule has 0 unspecified atom stereocenters. The molecular formula is C44H59SnZr. The summed E-state index contributed by atoms with van der Waals surface area (Å²) >= 11 is -6.45. The molecule has 0 saturated heterocycles. The SMILES string of the molecule is CCC[CH2][SnH]([CH2]CCC)[Zr]([CH2]CCC)([CH2]CCC)([c]1c(C)ccc2c1Cc1ccccc1-2)[c]1c(C)ccc2c1Cc1ccccc1-2. The van der Waals surface area contributed by atoms with Crippen LogP contribution in [0.1, 0.15) is 112 Å². The zero-order valence-corrected chi connectivity index (χ0v) is 35.7. The van der Waals surface area contributed by atoms with Crippen LogP contribution in [0.4, 0.5) is 0 Å². The maximum absolute atomic E-state index is 4.10. The van der Waals surface area contributed by atoms with E-state index >= 15 is 0 Å². The third kappa shape index (κ3) is 5.60. The summed E-state index contributed by atoms with van der Waals surface area (Å²) in [5.74, 6) is 0. The van der Waals surface area contributed by atoms with E-state index in [1.807, 2.05) is 6.54 Å². The van der Waals surface area contributed by atoms with Gasteiger partial charge in [0.15, 0.2) is 0 Å². The summed E-state index contributed by atoms with van der Waals surface area (Å²) in [6.07, 6.45) is 13.4. The Balaban J connectivity index is 1.81. The van der Waals surface area contributed by atoms with Gasteiger partial charge in [-0.25, -0.2) is 0 Å². The van der Waals surface area contributed by atoms with E-state index in [0.29, 0.717) is 0 Å². The zero-order chi connectivity index (χ0) is 32.3. The number of unbranched alkanes of at least 4 members (excludes halogenated alkanes) is 4. The average molecular weight is 798 g/mol. The van der Waals surface area contributed by atoms with Crippen LogP contribution < -0.4 is 6.54 Å². The first-order valence-corrected chi connectivity index (χ1v) is 40.8. The first-order valence-electron chi connectivity index (χ1n) is 19.0. The van der Waals surface area contributed by atoms with E-state index in [-0.39, 0.29) is 0 Å². The van der Waals surface area contributed by atoms with Gasteiger partial charge >= 0.3 is 288 Å². The van der Waals surface area contributed by atoms with Gasteiger partial charge in [0.05, 0.1) is 0 Å². The molecule has 0 spiro atoms. The summed E-state index contributed by atoms with van der Waals surface area (Å²) in [4.78, 5) is 0. The molecule has 4 aromatic rings. The molecule has 0 radical (unpaired) electrons. The van der Waals surface area contributed by atoms with Gasteiger partial charge in [-0.3, -0.25) is 0 Å². The van der Waals surface area contributed by atoms with Gasteiger partial charge in [0, 0.05) is 0 Å². The van der Waals surface area contributed by atoms with Gasteiger partial charge < -0.3 is 0 Å². The monoisotopic (exact) mass is 797 g/mol. The molecule has 46 heavy (non-hydrogen) atoms. The summed E-state index contributed by atoms with van der Waals surface area (Å²) in [5, 5.41) is 0. The second-order valence-corrected chi connectivity index (χ2v) is 73.1. The zero-order valence-electron chi connectivity index (χ0n) is 29.9. The molecule has 243 valence electrons. The van der Waals surface area contributed by atoms with Gasteiger partial charge in [0.1, 0.15) is 0 Å². The Morgan fingerprint density at radius 3 is 1.33 bits per heavy atom. The molecule has 0 nitrogen and oxygen atoms in total. The second-order valence-electron chi connectivity index (χ2n) is 15.2. The molecule has 6 rings (SSSR count). The predicted octanol–water partition coefficient (Wildman–Crippen LogP) is 11.8. The maximum atomic E-state index is 2.61. The van der Waals surface area contributed by atoms with Crippen molar-refractivity contribution in [3.8, 4) is 22.3 Å². The Hall–Kier alpha value is -1.44. The van der Waals surface area contributed by atoms with Crippen molar-refractivity contribution >= 4 is 21.8 Å². The van der Waals surface area contributed by atoms with E-state index in [1.54, 1.807) is 61.6 Å². The third-order valence-electron chi connectivity index (χ3n) is 12.6. The fourth-order valence-electron chi connectivity index (χ4n) is 10.9. The molecule has 0 N–H and O–H groups in total. The summed E-state index contributed by atoms with van der Waals surface area (Å²) < 4.78 is 10.4. The summed E-state index contributed by atoms with van der Waals surface area (Å²) in [7, 11) is 0. The topological polar surface area (TPSA) is 0 Å². The molecule has 0 bridgehead atoms. The number of hydrogen-bond acceptors (Lipinski definition) is 0. The molecule has 0 atom stereocenters. The van der Waals surface area contributed by atoms with Crippen LogP contribution in [0.2, 0.25) is 17.1 Å². The number of hydrogen-bond donors (Lipinski definition) is 0. The molecule has 0 aromatic heterocycles. The minimum absolute atomic E-state index is 1.15. The Morgan fingerprint density at radius 1 is 0.500 bits per heavy atom. The molecule has 4 aromatic carbocycles. The van der Waals surface area contributed by atoms with Gasteiger partial charge in [0.25, 0.3) is 0 Å². The first kappa shape index (κ1) is 34.4. The van der Waals surface area contributed by atoms with Crippen molar-refractivity contribution < 1.29 is 14.6 Å². The molecule has 0 fully saturated rings. The van der Waals surface area contributed by atoms with Crippen molar-refractivity contribution in [3.63, 3.8) is 0 Å². The molecule has 2 heteroatoms. The second kappa shape index (κ2) is 14.6. The van der Waals surface area contributed by atoms with Crippen LogP contribution in [0, 0.1) is 13.8 Å². The minimum atomic E-state index is -4.10. The standard InChI is InChI=1S/2C14H11.4C4H9.Sn.Zr.H/c2*1-10-6-7-14-12(8-10)9-11-4-2-3-5-13(11)14;4*1-3-4-2;;;/h2*2-7H,9H2,1H3;4*1,3-4H2,2H3;;;. The van der Waals surface area contributed by atoms with Crippen molar-refractivity contribution in [3.05, 3.63) is 106 Å². The van der Waals surface area contributed by atoms with Crippen LogP contribution in [0.15, 0.2) is 72.8 Å². The Morgan fingerprint density at radius 2 is 0.913 bits per heavy atom.